The van der Waals surface area contributed by atoms with E-state index >= 15 is 0 Å². The summed E-state index contributed by atoms with van der Waals surface area (Å²) < 4.78 is 15.5. The van der Waals surface area contributed by atoms with E-state index in [-0.39, 0.29) is 31.2 Å². The summed E-state index contributed by atoms with van der Waals surface area (Å²) in [5, 5.41) is 2.66. The minimum atomic E-state index is -0.376. The highest BCUT2D eigenvalue weighted by Crippen LogP contribution is 2.34. The summed E-state index contributed by atoms with van der Waals surface area (Å²) >= 11 is 0. The summed E-state index contributed by atoms with van der Waals surface area (Å²) in [7, 11) is 0. The Morgan fingerprint density at radius 1 is 1.23 bits per heavy atom. The van der Waals surface area contributed by atoms with Crippen molar-refractivity contribution in [1.82, 2.24) is 0 Å². The summed E-state index contributed by atoms with van der Waals surface area (Å²) in [6.07, 6.45) is 6.36. The molecule has 0 radical (unpaired) electrons. The highest BCUT2D eigenvalue weighted by atomic mass is 16.7. The number of ether oxygens (including phenoxy) is 3. The third-order valence-electron chi connectivity index (χ3n) is 3.60. The zero-order valence-corrected chi connectivity index (χ0v) is 12.0. The second kappa shape index (κ2) is 6.51. The largest absolute Gasteiger partial charge is 0.455 e. The predicted octanol–water partition coefficient (Wildman–Crippen LogP) is 2.25. The van der Waals surface area contributed by atoms with Crippen molar-refractivity contribution < 1.29 is 23.8 Å². The Labute approximate surface area is 128 Å². The third-order valence-corrected chi connectivity index (χ3v) is 3.60. The van der Waals surface area contributed by atoms with Crippen molar-refractivity contribution in [3.63, 3.8) is 0 Å². The van der Waals surface area contributed by atoms with Gasteiger partial charge in [-0.3, -0.25) is 9.59 Å². The fourth-order valence-electron chi connectivity index (χ4n) is 2.43. The van der Waals surface area contributed by atoms with Crippen LogP contribution in [0.2, 0.25) is 0 Å². The van der Waals surface area contributed by atoms with Gasteiger partial charge < -0.3 is 19.5 Å². The van der Waals surface area contributed by atoms with Crippen molar-refractivity contribution in [3.8, 4) is 11.5 Å². The minimum absolute atomic E-state index is 0.136. The molecule has 1 heterocycles. The lowest BCUT2D eigenvalue weighted by Gasteiger charge is -2.16. The number of anilines is 1. The van der Waals surface area contributed by atoms with Gasteiger partial charge in [0, 0.05) is 11.8 Å². The molecule has 0 fully saturated rings. The van der Waals surface area contributed by atoms with Gasteiger partial charge in [-0.2, -0.15) is 0 Å². The van der Waals surface area contributed by atoms with Crippen LogP contribution in [-0.4, -0.2) is 25.3 Å². The van der Waals surface area contributed by atoms with Crippen molar-refractivity contribution in [3.05, 3.63) is 30.4 Å². The number of rotatable bonds is 4. The van der Waals surface area contributed by atoms with E-state index in [2.05, 4.69) is 11.4 Å². The number of allylic oxidation sites excluding steroid dienone is 2. The van der Waals surface area contributed by atoms with Gasteiger partial charge in [0.2, 0.25) is 6.79 Å². The molecule has 3 rings (SSSR count). The number of benzene rings is 1. The molecule has 116 valence electrons. The highest BCUT2D eigenvalue weighted by Gasteiger charge is 2.21. The fourth-order valence-corrected chi connectivity index (χ4v) is 2.43. The maximum absolute atomic E-state index is 11.8. The molecule has 1 N–H and O–H groups in total. The summed E-state index contributed by atoms with van der Waals surface area (Å²) in [5.74, 6) is 0.408. The predicted molar refractivity (Wildman–Crippen MR) is 78.6 cm³/mol. The molecule has 1 aromatic carbocycles. The molecule has 1 atom stereocenters. The number of carbonyl (C=O) groups excluding carboxylic acids is 2. The molecule has 1 aromatic rings. The van der Waals surface area contributed by atoms with Crippen molar-refractivity contribution in [1.29, 1.82) is 0 Å². The van der Waals surface area contributed by atoms with Gasteiger partial charge >= 0.3 is 5.97 Å². The molecule has 1 aliphatic carbocycles. The lowest BCUT2D eigenvalue weighted by molar-refractivity contribution is -0.151. The number of hydrogen-bond donors (Lipinski definition) is 1. The first-order valence-corrected chi connectivity index (χ1v) is 7.23. The Morgan fingerprint density at radius 2 is 2.09 bits per heavy atom. The number of fused-ring (bicyclic) bond motifs is 1. The molecule has 6 nitrogen and oxygen atoms in total. The average molecular weight is 303 g/mol. The quantitative estimate of drug-likeness (QED) is 0.682. The minimum Gasteiger partial charge on any atom is -0.455 e. The fraction of sp³-hybridized carbons (Fsp3) is 0.375. The van der Waals surface area contributed by atoms with Crippen LogP contribution in [0.5, 0.6) is 11.5 Å². The highest BCUT2D eigenvalue weighted by molar-refractivity contribution is 5.93. The average Bonchev–Trinajstić information content (AvgIpc) is 3.01. The van der Waals surface area contributed by atoms with Crippen LogP contribution in [0.3, 0.4) is 0 Å². The number of carbonyl (C=O) groups is 2. The van der Waals surface area contributed by atoms with E-state index in [0.29, 0.717) is 23.6 Å². The van der Waals surface area contributed by atoms with Gasteiger partial charge in [0.05, 0.1) is 5.92 Å². The van der Waals surface area contributed by atoms with E-state index in [1.54, 1.807) is 18.2 Å². The Kier molecular flexibility index (Phi) is 4.27. The van der Waals surface area contributed by atoms with Crippen LogP contribution < -0.4 is 14.8 Å². The maximum atomic E-state index is 11.8. The van der Waals surface area contributed by atoms with Crippen LogP contribution >= 0.6 is 0 Å². The van der Waals surface area contributed by atoms with Crippen molar-refractivity contribution in [2.45, 2.75) is 19.3 Å². The van der Waals surface area contributed by atoms with E-state index < -0.39 is 0 Å². The van der Waals surface area contributed by atoms with E-state index in [4.69, 9.17) is 14.2 Å². The van der Waals surface area contributed by atoms with E-state index in [9.17, 15) is 9.59 Å². The molecule has 6 heteroatoms. The van der Waals surface area contributed by atoms with Gasteiger partial charge in [0.1, 0.15) is 0 Å². The Morgan fingerprint density at radius 3 is 2.91 bits per heavy atom. The van der Waals surface area contributed by atoms with Gasteiger partial charge in [-0.1, -0.05) is 12.2 Å². The smallest absolute Gasteiger partial charge is 0.309 e. The number of amides is 1. The molecular weight excluding hydrogens is 286 g/mol. The zero-order chi connectivity index (χ0) is 15.4. The SMILES string of the molecule is O=C(COC(=O)[C@@H]1CC=CCC1)Nc1ccc2c(c1)OCO2. The topological polar surface area (TPSA) is 73.9 Å². The third kappa shape index (κ3) is 3.39. The molecule has 22 heavy (non-hydrogen) atoms. The molecule has 0 saturated heterocycles. The zero-order valence-electron chi connectivity index (χ0n) is 12.0. The second-order valence-electron chi connectivity index (χ2n) is 5.21. The number of hydrogen-bond acceptors (Lipinski definition) is 5. The van der Waals surface area contributed by atoms with Gasteiger partial charge in [0.15, 0.2) is 18.1 Å². The molecule has 1 aliphatic heterocycles. The van der Waals surface area contributed by atoms with Crippen LogP contribution in [0.15, 0.2) is 30.4 Å². The second-order valence-corrected chi connectivity index (χ2v) is 5.21. The number of nitrogens with one attached hydrogen (secondary N) is 1. The standard InChI is InChI=1S/C16H17NO5/c18-15(9-20-16(19)11-4-2-1-3-5-11)17-12-6-7-13-14(8-12)22-10-21-13/h1-2,6-8,11H,3-5,9-10H2,(H,17,18)/t11-/m1/s1. The van der Waals surface area contributed by atoms with Crippen LogP contribution in [-0.2, 0) is 14.3 Å². The number of esters is 1. The maximum Gasteiger partial charge on any atom is 0.309 e. The molecular formula is C16H17NO5. The van der Waals surface area contributed by atoms with Crippen molar-refractivity contribution >= 4 is 17.6 Å². The normalized spacial score (nSPS) is 18.8. The molecule has 0 aromatic heterocycles. The molecule has 0 saturated carbocycles. The van der Waals surface area contributed by atoms with Crippen molar-refractivity contribution in [2.24, 2.45) is 5.92 Å². The first-order chi connectivity index (χ1) is 10.7. The molecule has 0 unspecified atom stereocenters. The van der Waals surface area contributed by atoms with Crippen LogP contribution in [0, 0.1) is 5.92 Å². The van der Waals surface area contributed by atoms with Crippen LogP contribution in [0.1, 0.15) is 19.3 Å². The van der Waals surface area contributed by atoms with Gasteiger partial charge in [-0.25, -0.2) is 0 Å². The molecule has 1 amide bonds. The van der Waals surface area contributed by atoms with Crippen LogP contribution in [0.25, 0.3) is 0 Å². The van der Waals surface area contributed by atoms with Gasteiger partial charge in [0.25, 0.3) is 5.91 Å². The Balaban J connectivity index is 1.48. The monoisotopic (exact) mass is 303 g/mol. The molecule has 0 spiro atoms. The summed E-state index contributed by atoms with van der Waals surface area (Å²) in [6.45, 7) is -0.104. The summed E-state index contributed by atoms with van der Waals surface area (Å²) in [5.41, 5.74) is 0.575. The summed E-state index contributed by atoms with van der Waals surface area (Å²) in [4.78, 5) is 23.7. The lowest BCUT2D eigenvalue weighted by atomic mass is 9.95. The Hall–Kier alpha value is -2.50. The summed E-state index contributed by atoms with van der Waals surface area (Å²) in [6, 6.07) is 5.10. The van der Waals surface area contributed by atoms with E-state index in [1.807, 2.05) is 6.08 Å². The van der Waals surface area contributed by atoms with E-state index in [1.165, 1.54) is 0 Å². The Bertz CT molecular complexity index is 611. The first kappa shape index (κ1) is 14.4. The van der Waals surface area contributed by atoms with E-state index in [0.717, 1.165) is 12.8 Å². The lowest BCUT2D eigenvalue weighted by Crippen LogP contribution is -2.25. The van der Waals surface area contributed by atoms with Gasteiger partial charge in [-0.05, 0) is 31.4 Å². The van der Waals surface area contributed by atoms with Crippen molar-refractivity contribution in [2.75, 3.05) is 18.7 Å². The van der Waals surface area contributed by atoms with Gasteiger partial charge in [-0.15, -0.1) is 0 Å². The first-order valence-electron chi connectivity index (χ1n) is 7.23. The van der Waals surface area contributed by atoms with Crippen LogP contribution in [0.4, 0.5) is 5.69 Å². The molecule has 0 bridgehead atoms. The molecule has 2 aliphatic rings.